The lowest BCUT2D eigenvalue weighted by molar-refractivity contribution is 0.0962. The van der Waals surface area contributed by atoms with Gasteiger partial charge in [0.2, 0.25) is 0 Å². The van der Waals surface area contributed by atoms with Crippen molar-refractivity contribution in [2.24, 2.45) is 11.8 Å². The minimum atomic E-state index is -0.136. The Balaban J connectivity index is 2.05. The molecule has 3 unspecified atom stereocenters. The van der Waals surface area contributed by atoms with Gasteiger partial charge in [-0.2, -0.15) is 0 Å². The third-order valence-electron chi connectivity index (χ3n) is 4.34. The molecule has 2 rings (SSSR count). The Bertz CT molecular complexity index is 487. The van der Waals surface area contributed by atoms with Crippen LogP contribution in [0.4, 0.5) is 5.69 Å². The Kier molecular flexibility index (Phi) is 4.53. The number of nitrogen functional groups attached to an aromatic ring is 1. The zero-order chi connectivity index (χ0) is 14.7. The first kappa shape index (κ1) is 14.7. The molecule has 1 aliphatic rings. The summed E-state index contributed by atoms with van der Waals surface area (Å²) in [6, 6.07) is 5.21. The van der Waals surface area contributed by atoms with Crippen LogP contribution in [0.25, 0.3) is 0 Å². The summed E-state index contributed by atoms with van der Waals surface area (Å²) in [5.74, 6) is 2.00. The molecule has 1 amide bonds. The first-order chi connectivity index (χ1) is 9.51. The SMILES string of the molecule is CNC(=O)c1ccc(OC2CCC(C)C(C)C2)c(N)c1. The Labute approximate surface area is 120 Å². The monoisotopic (exact) mass is 276 g/mol. The molecular formula is C16H24N2O2. The maximum atomic E-state index is 11.5. The van der Waals surface area contributed by atoms with Gasteiger partial charge in [-0.15, -0.1) is 0 Å². The van der Waals surface area contributed by atoms with Crippen molar-refractivity contribution < 1.29 is 9.53 Å². The van der Waals surface area contributed by atoms with Crippen molar-refractivity contribution in [3.63, 3.8) is 0 Å². The molecule has 1 fully saturated rings. The van der Waals surface area contributed by atoms with Gasteiger partial charge in [0.15, 0.2) is 0 Å². The summed E-state index contributed by atoms with van der Waals surface area (Å²) in [5.41, 5.74) is 7.07. The minimum Gasteiger partial charge on any atom is -0.488 e. The number of nitrogens with one attached hydrogen (secondary N) is 1. The molecular weight excluding hydrogens is 252 g/mol. The molecule has 0 radical (unpaired) electrons. The molecule has 20 heavy (non-hydrogen) atoms. The van der Waals surface area contributed by atoms with E-state index in [0.717, 1.165) is 18.8 Å². The normalized spacial score (nSPS) is 26.1. The number of ether oxygens (including phenoxy) is 1. The van der Waals surface area contributed by atoms with Crippen molar-refractivity contribution in [1.29, 1.82) is 0 Å². The Morgan fingerprint density at radius 1 is 1.30 bits per heavy atom. The maximum Gasteiger partial charge on any atom is 0.251 e. The van der Waals surface area contributed by atoms with E-state index in [0.29, 0.717) is 22.9 Å². The number of amides is 1. The molecule has 4 nitrogen and oxygen atoms in total. The fourth-order valence-corrected chi connectivity index (χ4v) is 2.73. The van der Waals surface area contributed by atoms with E-state index in [1.807, 2.05) is 0 Å². The predicted molar refractivity (Wildman–Crippen MR) is 80.8 cm³/mol. The molecule has 1 aromatic carbocycles. The second kappa shape index (κ2) is 6.16. The molecule has 3 N–H and O–H groups in total. The Morgan fingerprint density at radius 3 is 2.65 bits per heavy atom. The summed E-state index contributed by atoms with van der Waals surface area (Å²) in [6.45, 7) is 4.58. The molecule has 0 heterocycles. The second-order valence-corrected chi connectivity index (χ2v) is 5.84. The molecule has 0 spiro atoms. The van der Waals surface area contributed by atoms with Crippen molar-refractivity contribution in [3.05, 3.63) is 23.8 Å². The topological polar surface area (TPSA) is 64.3 Å². The van der Waals surface area contributed by atoms with Crippen LogP contribution in [0.15, 0.2) is 18.2 Å². The van der Waals surface area contributed by atoms with Gasteiger partial charge < -0.3 is 15.8 Å². The number of carbonyl (C=O) groups is 1. The third-order valence-corrected chi connectivity index (χ3v) is 4.34. The summed E-state index contributed by atoms with van der Waals surface area (Å²) in [4.78, 5) is 11.5. The quantitative estimate of drug-likeness (QED) is 0.834. The van der Waals surface area contributed by atoms with Gasteiger partial charge in [-0.3, -0.25) is 4.79 Å². The highest BCUT2D eigenvalue weighted by Gasteiger charge is 2.26. The van der Waals surface area contributed by atoms with E-state index in [4.69, 9.17) is 10.5 Å². The highest BCUT2D eigenvalue weighted by Crippen LogP contribution is 2.33. The van der Waals surface area contributed by atoms with E-state index < -0.39 is 0 Å². The van der Waals surface area contributed by atoms with Gasteiger partial charge in [0.05, 0.1) is 11.8 Å². The van der Waals surface area contributed by atoms with Gasteiger partial charge in [0.25, 0.3) is 5.91 Å². The van der Waals surface area contributed by atoms with Gasteiger partial charge in [0.1, 0.15) is 5.75 Å². The lowest BCUT2D eigenvalue weighted by Gasteiger charge is -2.32. The summed E-state index contributed by atoms with van der Waals surface area (Å²) >= 11 is 0. The molecule has 110 valence electrons. The van der Waals surface area contributed by atoms with Crippen LogP contribution < -0.4 is 15.8 Å². The highest BCUT2D eigenvalue weighted by molar-refractivity contribution is 5.95. The minimum absolute atomic E-state index is 0.136. The lowest BCUT2D eigenvalue weighted by Crippen LogP contribution is -2.29. The maximum absolute atomic E-state index is 11.5. The lowest BCUT2D eigenvalue weighted by atomic mass is 9.80. The van der Waals surface area contributed by atoms with Crippen LogP contribution in [0.2, 0.25) is 0 Å². The van der Waals surface area contributed by atoms with Crippen molar-refractivity contribution in [3.8, 4) is 5.75 Å². The summed E-state index contributed by atoms with van der Waals surface area (Å²) < 4.78 is 6.02. The molecule has 0 aliphatic heterocycles. The van der Waals surface area contributed by atoms with E-state index in [1.165, 1.54) is 6.42 Å². The number of anilines is 1. The zero-order valence-electron chi connectivity index (χ0n) is 12.5. The van der Waals surface area contributed by atoms with Crippen LogP contribution in [0.5, 0.6) is 5.75 Å². The smallest absolute Gasteiger partial charge is 0.251 e. The van der Waals surface area contributed by atoms with E-state index >= 15 is 0 Å². The number of hydrogen-bond donors (Lipinski definition) is 2. The number of carbonyl (C=O) groups excluding carboxylic acids is 1. The molecule has 0 saturated heterocycles. The van der Waals surface area contributed by atoms with E-state index in [-0.39, 0.29) is 12.0 Å². The molecule has 0 bridgehead atoms. The summed E-state index contributed by atoms with van der Waals surface area (Å²) in [6.07, 6.45) is 3.57. The van der Waals surface area contributed by atoms with Crippen LogP contribution >= 0.6 is 0 Å². The zero-order valence-corrected chi connectivity index (χ0v) is 12.5. The van der Waals surface area contributed by atoms with Crippen molar-refractivity contribution in [2.45, 2.75) is 39.2 Å². The fraction of sp³-hybridized carbons (Fsp3) is 0.562. The Hall–Kier alpha value is -1.71. The average Bonchev–Trinajstić information content (AvgIpc) is 2.44. The van der Waals surface area contributed by atoms with Gasteiger partial charge in [-0.05, 0) is 49.3 Å². The molecule has 1 aromatic rings. The van der Waals surface area contributed by atoms with Crippen LogP contribution in [0, 0.1) is 11.8 Å². The molecule has 1 aliphatic carbocycles. The Morgan fingerprint density at radius 2 is 2.05 bits per heavy atom. The number of nitrogens with two attached hydrogens (primary N) is 1. The molecule has 4 heteroatoms. The van der Waals surface area contributed by atoms with Crippen LogP contribution in [0.3, 0.4) is 0 Å². The average molecular weight is 276 g/mol. The van der Waals surface area contributed by atoms with Crippen molar-refractivity contribution >= 4 is 11.6 Å². The van der Waals surface area contributed by atoms with Crippen LogP contribution in [-0.2, 0) is 0 Å². The van der Waals surface area contributed by atoms with Crippen molar-refractivity contribution in [2.75, 3.05) is 12.8 Å². The van der Waals surface area contributed by atoms with Gasteiger partial charge in [0, 0.05) is 12.6 Å². The largest absolute Gasteiger partial charge is 0.488 e. The number of hydrogen-bond acceptors (Lipinski definition) is 3. The van der Waals surface area contributed by atoms with Crippen LogP contribution in [-0.4, -0.2) is 19.1 Å². The number of rotatable bonds is 3. The second-order valence-electron chi connectivity index (χ2n) is 5.84. The van der Waals surface area contributed by atoms with Crippen molar-refractivity contribution in [1.82, 2.24) is 5.32 Å². The molecule has 3 atom stereocenters. The highest BCUT2D eigenvalue weighted by atomic mass is 16.5. The van der Waals surface area contributed by atoms with Gasteiger partial charge >= 0.3 is 0 Å². The van der Waals surface area contributed by atoms with Gasteiger partial charge in [-0.1, -0.05) is 13.8 Å². The predicted octanol–water partition coefficient (Wildman–Crippen LogP) is 2.83. The van der Waals surface area contributed by atoms with E-state index in [1.54, 1.807) is 25.2 Å². The van der Waals surface area contributed by atoms with E-state index in [9.17, 15) is 4.79 Å². The molecule has 1 saturated carbocycles. The summed E-state index contributed by atoms with van der Waals surface area (Å²) in [5, 5.41) is 2.58. The first-order valence-corrected chi connectivity index (χ1v) is 7.29. The summed E-state index contributed by atoms with van der Waals surface area (Å²) in [7, 11) is 1.60. The number of benzene rings is 1. The first-order valence-electron chi connectivity index (χ1n) is 7.29. The van der Waals surface area contributed by atoms with Crippen LogP contribution in [0.1, 0.15) is 43.5 Å². The molecule has 0 aromatic heterocycles. The third kappa shape index (κ3) is 3.24. The fourth-order valence-electron chi connectivity index (χ4n) is 2.73. The van der Waals surface area contributed by atoms with E-state index in [2.05, 4.69) is 19.2 Å². The standard InChI is InChI=1S/C16H24N2O2/c1-10-4-6-13(8-11(10)2)20-15-7-5-12(9-14(15)17)16(19)18-3/h5,7,9-11,13H,4,6,8,17H2,1-3H3,(H,18,19). The van der Waals surface area contributed by atoms with Gasteiger partial charge in [-0.25, -0.2) is 0 Å².